The van der Waals surface area contributed by atoms with Crippen LogP contribution in [0.1, 0.15) is 24.2 Å². The van der Waals surface area contributed by atoms with Crippen molar-refractivity contribution in [2.24, 2.45) is 17.0 Å². The lowest BCUT2D eigenvalue weighted by atomic mass is 9.82. The zero-order valence-corrected chi connectivity index (χ0v) is 13.4. The first-order chi connectivity index (χ1) is 11.5. The maximum atomic E-state index is 11.9. The van der Waals surface area contributed by atoms with E-state index in [9.17, 15) is 14.7 Å². The molecule has 1 aliphatic heterocycles. The molecule has 1 saturated heterocycles. The summed E-state index contributed by atoms with van der Waals surface area (Å²) in [6.45, 7) is 3.50. The third kappa shape index (κ3) is 3.91. The number of ether oxygens (including phenoxy) is 2. The van der Waals surface area contributed by atoms with Crippen LogP contribution in [0.4, 0.5) is 0 Å². The molecule has 1 aromatic rings. The molecule has 0 aliphatic carbocycles. The van der Waals surface area contributed by atoms with Gasteiger partial charge in [0.25, 0.3) is 5.78 Å². The summed E-state index contributed by atoms with van der Waals surface area (Å²) in [5.74, 6) is -2.02. The van der Waals surface area contributed by atoms with E-state index >= 15 is 0 Å². The summed E-state index contributed by atoms with van der Waals surface area (Å²) in [5.41, 5.74) is 8.78. The molecule has 1 aliphatic rings. The molecule has 2 rings (SSSR count). The van der Waals surface area contributed by atoms with Crippen LogP contribution < -0.4 is 0 Å². The van der Waals surface area contributed by atoms with Crippen LogP contribution in [-0.4, -0.2) is 41.9 Å². The number of esters is 1. The summed E-state index contributed by atoms with van der Waals surface area (Å²) in [6.07, 6.45) is -1.87. The third-order valence-electron chi connectivity index (χ3n) is 4.35. The maximum absolute atomic E-state index is 11.9. The standard InChI is InChI=1S/C16H19N3O5/c1-9-10(2)13(18-19-17)15(21)24-12(9)8-23-16(22)14(20)11-6-4-3-5-7-11/h3-7,9-10,12-13,15,21H,8H2,1-2H3/t9-,10-,12?,13?,15?/m0/s1. The largest absolute Gasteiger partial charge is 0.457 e. The summed E-state index contributed by atoms with van der Waals surface area (Å²) >= 11 is 0. The number of ketones is 1. The summed E-state index contributed by atoms with van der Waals surface area (Å²) in [7, 11) is 0. The lowest BCUT2D eigenvalue weighted by Crippen LogP contribution is -2.50. The van der Waals surface area contributed by atoms with Crippen molar-refractivity contribution in [3.05, 3.63) is 46.3 Å². The smallest absolute Gasteiger partial charge is 0.379 e. The predicted octanol–water partition coefficient (Wildman–Crippen LogP) is 2.08. The maximum Gasteiger partial charge on any atom is 0.379 e. The van der Waals surface area contributed by atoms with Gasteiger partial charge in [-0.2, -0.15) is 0 Å². The van der Waals surface area contributed by atoms with Gasteiger partial charge in [-0.3, -0.25) is 4.79 Å². The Hall–Kier alpha value is -2.41. The van der Waals surface area contributed by atoms with Gasteiger partial charge in [0.1, 0.15) is 6.61 Å². The van der Waals surface area contributed by atoms with Gasteiger partial charge in [0.2, 0.25) is 0 Å². The fourth-order valence-corrected chi connectivity index (χ4v) is 2.64. The van der Waals surface area contributed by atoms with Crippen molar-refractivity contribution in [1.29, 1.82) is 0 Å². The number of hydrogen-bond donors (Lipinski definition) is 1. The number of benzene rings is 1. The Balaban J connectivity index is 1.95. The first kappa shape index (κ1) is 17.9. The molecule has 0 amide bonds. The Kier molecular flexibility index (Phi) is 5.92. The van der Waals surface area contributed by atoms with Crippen LogP contribution in [0.15, 0.2) is 35.4 Å². The van der Waals surface area contributed by atoms with Gasteiger partial charge in [0.15, 0.2) is 6.29 Å². The molecule has 0 bridgehead atoms. The highest BCUT2D eigenvalue weighted by atomic mass is 16.6. The Morgan fingerprint density at radius 3 is 2.58 bits per heavy atom. The van der Waals surface area contributed by atoms with Crippen molar-refractivity contribution in [2.45, 2.75) is 32.3 Å². The highest BCUT2D eigenvalue weighted by molar-refractivity contribution is 6.40. The average Bonchev–Trinajstić information content (AvgIpc) is 2.60. The Bertz CT molecular complexity index is 644. The number of nitrogens with zero attached hydrogens (tertiary/aromatic N) is 3. The van der Waals surface area contributed by atoms with E-state index < -0.39 is 30.2 Å². The highest BCUT2D eigenvalue weighted by Crippen LogP contribution is 2.32. The number of carbonyl (C=O) groups excluding carboxylic acids is 2. The van der Waals surface area contributed by atoms with E-state index in [2.05, 4.69) is 10.0 Å². The van der Waals surface area contributed by atoms with Gasteiger partial charge < -0.3 is 14.6 Å². The van der Waals surface area contributed by atoms with Crippen LogP contribution in [0.25, 0.3) is 10.4 Å². The fourth-order valence-electron chi connectivity index (χ4n) is 2.64. The molecule has 1 N–H and O–H groups in total. The first-order valence-corrected chi connectivity index (χ1v) is 7.60. The summed E-state index contributed by atoms with van der Waals surface area (Å²) < 4.78 is 10.4. The minimum atomic E-state index is -1.28. The number of rotatable bonds is 5. The third-order valence-corrected chi connectivity index (χ3v) is 4.35. The van der Waals surface area contributed by atoms with E-state index in [-0.39, 0.29) is 24.0 Å². The molecule has 0 radical (unpaired) electrons. The number of azide groups is 1. The Labute approximate surface area is 139 Å². The topological polar surface area (TPSA) is 122 Å². The molecule has 5 atom stereocenters. The van der Waals surface area contributed by atoms with Crippen molar-refractivity contribution in [3.63, 3.8) is 0 Å². The van der Waals surface area contributed by atoms with Crippen LogP contribution in [0.3, 0.4) is 0 Å². The van der Waals surface area contributed by atoms with Gasteiger partial charge in [-0.1, -0.05) is 49.3 Å². The number of Topliss-reactive ketones (excluding diaryl/α,β-unsaturated/α-hetero) is 1. The molecule has 0 aromatic heterocycles. The molecule has 128 valence electrons. The number of hydrogen-bond acceptors (Lipinski definition) is 6. The van der Waals surface area contributed by atoms with Gasteiger partial charge in [-0.25, -0.2) is 4.79 Å². The molecular weight excluding hydrogens is 314 g/mol. The van der Waals surface area contributed by atoms with Crippen LogP contribution in [0.2, 0.25) is 0 Å². The van der Waals surface area contributed by atoms with Crippen LogP contribution >= 0.6 is 0 Å². The Morgan fingerprint density at radius 2 is 1.96 bits per heavy atom. The normalized spacial score (nSPS) is 29.4. The van der Waals surface area contributed by atoms with Gasteiger partial charge in [0.05, 0.1) is 12.1 Å². The molecule has 3 unspecified atom stereocenters. The number of carbonyl (C=O) groups is 2. The molecule has 8 nitrogen and oxygen atoms in total. The van der Waals surface area contributed by atoms with E-state index in [0.29, 0.717) is 0 Å². The van der Waals surface area contributed by atoms with E-state index in [0.717, 1.165) is 0 Å². The SMILES string of the molecule is C[C@@H]1C(COC(=O)C(=O)c2ccccc2)OC(O)C(N=[N+]=[N-])[C@H]1C. The van der Waals surface area contributed by atoms with E-state index in [1.54, 1.807) is 18.2 Å². The van der Waals surface area contributed by atoms with Crippen LogP contribution in [0, 0.1) is 11.8 Å². The quantitative estimate of drug-likeness (QED) is 0.221. The molecular formula is C16H19N3O5. The van der Waals surface area contributed by atoms with Crippen molar-refractivity contribution < 1.29 is 24.2 Å². The van der Waals surface area contributed by atoms with Crippen molar-refractivity contribution >= 4 is 11.8 Å². The Morgan fingerprint density at radius 1 is 1.29 bits per heavy atom. The molecule has 0 saturated carbocycles. The van der Waals surface area contributed by atoms with Gasteiger partial charge in [0, 0.05) is 10.5 Å². The summed E-state index contributed by atoms with van der Waals surface area (Å²) in [6, 6.07) is 7.39. The van der Waals surface area contributed by atoms with Gasteiger partial charge in [-0.15, -0.1) is 0 Å². The molecule has 8 heteroatoms. The fraction of sp³-hybridized carbons (Fsp3) is 0.500. The monoisotopic (exact) mass is 333 g/mol. The molecule has 1 fully saturated rings. The highest BCUT2D eigenvalue weighted by Gasteiger charge is 2.41. The molecule has 0 spiro atoms. The van der Waals surface area contributed by atoms with Crippen molar-refractivity contribution in [1.82, 2.24) is 0 Å². The lowest BCUT2D eigenvalue weighted by Gasteiger charge is -2.40. The zero-order chi connectivity index (χ0) is 17.7. The van der Waals surface area contributed by atoms with Crippen LogP contribution in [-0.2, 0) is 14.3 Å². The minimum absolute atomic E-state index is 0.136. The zero-order valence-electron chi connectivity index (χ0n) is 13.4. The van der Waals surface area contributed by atoms with Crippen molar-refractivity contribution in [3.8, 4) is 0 Å². The van der Waals surface area contributed by atoms with E-state index in [4.69, 9.17) is 15.0 Å². The van der Waals surface area contributed by atoms with Gasteiger partial charge >= 0.3 is 5.97 Å². The first-order valence-electron chi connectivity index (χ1n) is 7.60. The second-order valence-electron chi connectivity index (χ2n) is 5.77. The average molecular weight is 333 g/mol. The molecule has 24 heavy (non-hydrogen) atoms. The van der Waals surface area contributed by atoms with E-state index in [1.807, 2.05) is 13.8 Å². The number of aliphatic hydroxyl groups excluding tert-OH is 1. The van der Waals surface area contributed by atoms with Crippen LogP contribution in [0.5, 0.6) is 0 Å². The van der Waals surface area contributed by atoms with Crippen molar-refractivity contribution in [2.75, 3.05) is 6.61 Å². The second kappa shape index (κ2) is 7.92. The predicted molar refractivity (Wildman–Crippen MR) is 83.9 cm³/mol. The summed E-state index contributed by atoms with van der Waals surface area (Å²) in [4.78, 5) is 26.5. The van der Waals surface area contributed by atoms with Gasteiger partial charge in [-0.05, 0) is 17.4 Å². The summed E-state index contributed by atoms with van der Waals surface area (Å²) in [5, 5.41) is 13.5. The molecule has 1 heterocycles. The number of aliphatic hydroxyl groups is 1. The second-order valence-corrected chi connectivity index (χ2v) is 5.77. The van der Waals surface area contributed by atoms with E-state index in [1.165, 1.54) is 12.1 Å². The minimum Gasteiger partial charge on any atom is -0.457 e. The lowest BCUT2D eigenvalue weighted by molar-refractivity contribution is -0.217. The molecule has 1 aromatic carbocycles.